The lowest BCUT2D eigenvalue weighted by Gasteiger charge is -2.18. The number of alkyl halides is 3. The molecule has 2 aromatic carbocycles. The van der Waals surface area contributed by atoms with Gasteiger partial charge in [0, 0.05) is 25.2 Å². The molecule has 1 saturated heterocycles. The van der Waals surface area contributed by atoms with Crippen LogP contribution in [0, 0.1) is 5.92 Å². The van der Waals surface area contributed by atoms with Gasteiger partial charge >= 0.3 is 6.18 Å². The minimum atomic E-state index is -4.53. The monoisotopic (exact) mass is 454 g/mol. The zero-order valence-corrected chi connectivity index (χ0v) is 17.2. The molecular weight excluding hydrogens is 433 g/mol. The first-order valence-corrected chi connectivity index (χ1v) is 11.3. The molecule has 10 heteroatoms. The second-order valence-electron chi connectivity index (χ2n) is 7.23. The smallest absolute Gasteiger partial charge is 0.356 e. The van der Waals surface area contributed by atoms with E-state index < -0.39 is 39.3 Å². The number of carbonyl (C=O) groups is 2. The van der Waals surface area contributed by atoms with Gasteiger partial charge in [-0.15, -0.1) is 0 Å². The van der Waals surface area contributed by atoms with Gasteiger partial charge in [-0.05, 0) is 36.8 Å². The third-order valence-corrected chi connectivity index (χ3v) is 6.79. The van der Waals surface area contributed by atoms with Crippen molar-refractivity contribution in [2.75, 3.05) is 23.7 Å². The van der Waals surface area contributed by atoms with Gasteiger partial charge < -0.3 is 10.2 Å². The standard InChI is InChI=1S/C21H21F3N2O4S/c22-21(23,24)16-6-4-7-17(13-16)26-14-15(12-19(26)27)20(28)25-10-5-11-31(29,30)18-8-2-1-3-9-18/h1-4,6-9,13,15H,5,10-12,14H2,(H,25,28). The Bertz CT molecular complexity index is 1060. The molecule has 0 aliphatic carbocycles. The first kappa shape index (κ1) is 22.8. The Balaban J connectivity index is 1.53. The number of nitrogens with zero attached hydrogens (tertiary/aromatic N) is 1. The molecule has 1 unspecified atom stereocenters. The van der Waals surface area contributed by atoms with Crippen molar-refractivity contribution in [2.45, 2.75) is 23.9 Å². The quantitative estimate of drug-likeness (QED) is 0.652. The van der Waals surface area contributed by atoms with Crippen LogP contribution in [0.2, 0.25) is 0 Å². The summed E-state index contributed by atoms with van der Waals surface area (Å²) in [5.41, 5.74) is -0.783. The number of nitrogens with one attached hydrogen (secondary N) is 1. The van der Waals surface area contributed by atoms with Crippen molar-refractivity contribution in [1.82, 2.24) is 5.32 Å². The Hall–Kier alpha value is -2.88. The minimum absolute atomic E-state index is 0.0334. The van der Waals surface area contributed by atoms with E-state index in [0.717, 1.165) is 12.1 Å². The molecule has 1 atom stereocenters. The summed E-state index contributed by atoms with van der Waals surface area (Å²) in [6, 6.07) is 12.4. The third kappa shape index (κ3) is 5.63. The van der Waals surface area contributed by atoms with Gasteiger partial charge in [-0.2, -0.15) is 13.2 Å². The van der Waals surface area contributed by atoms with Gasteiger partial charge in [-0.1, -0.05) is 24.3 Å². The summed E-state index contributed by atoms with van der Waals surface area (Å²) in [5, 5.41) is 2.61. The highest BCUT2D eigenvalue weighted by atomic mass is 32.2. The van der Waals surface area contributed by atoms with Crippen LogP contribution in [-0.2, 0) is 25.6 Å². The van der Waals surface area contributed by atoms with Crippen LogP contribution in [0.3, 0.4) is 0 Å². The lowest BCUT2D eigenvalue weighted by Crippen LogP contribution is -2.34. The first-order chi connectivity index (χ1) is 14.6. The molecule has 6 nitrogen and oxygen atoms in total. The van der Waals surface area contributed by atoms with E-state index in [2.05, 4.69) is 5.32 Å². The molecule has 0 spiro atoms. The van der Waals surface area contributed by atoms with Gasteiger partial charge in [0.25, 0.3) is 0 Å². The number of amides is 2. The van der Waals surface area contributed by atoms with Gasteiger partial charge in [0.15, 0.2) is 9.84 Å². The summed E-state index contributed by atoms with van der Waals surface area (Å²) in [6.07, 6.45) is -4.46. The van der Waals surface area contributed by atoms with Crippen LogP contribution in [0.5, 0.6) is 0 Å². The van der Waals surface area contributed by atoms with Crippen LogP contribution >= 0.6 is 0 Å². The topological polar surface area (TPSA) is 83.5 Å². The van der Waals surface area contributed by atoms with E-state index in [4.69, 9.17) is 0 Å². The van der Waals surface area contributed by atoms with E-state index in [1.54, 1.807) is 18.2 Å². The molecule has 0 radical (unpaired) electrons. The SMILES string of the molecule is O=C(NCCCS(=O)(=O)c1ccccc1)C1CC(=O)N(c2cccc(C(F)(F)F)c2)C1. The lowest BCUT2D eigenvalue weighted by atomic mass is 10.1. The van der Waals surface area contributed by atoms with Crippen molar-refractivity contribution in [3.8, 4) is 0 Å². The summed E-state index contributed by atoms with van der Waals surface area (Å²) in [7, 11) is -3.45. The first-order valence-electron chi connectivity index (χ1n) is 9.61. The van der Waals surface area contributed by atoms with Crippen LogP contribution in [0.25, 0.3) is 0 Å². The number of sulfone groups is 1. The van der Waals surface area contributed by atoms with E-state index >= 15 is 0 Å². The zero-order valence-electron chi connectivity index (χ0n) is 16.4. The number of hydrogen-bond donors (Lipinski definition) is 1. The zero-order chi connectivity index (χ0) is 22.6. The number of hydrogen-bond acceptors (Lipinski definition) is 4. The summed E-state index contributed by atoms with van der Waals surface area (Å²) >= 11 is 0. The van der Waals surface area contributed by atoms with Gasteiger partial charge in [-0.25, -0.2) is 8.42 Å². The second-order valence-corrected chi connectivity index (χ2v) is 9.34. The van der Waals surface area contributed by atoms with Crippen LogP contribution in [-0.4, -0.2) is 39.1 Å². The molecule has 0 bridgehead atoms. The predicted molar refractivity (Wildman–Crippen MR) is 108 cm³/mol. The summed E-state index contributed by atoms with van der Waals surface area (Å²) in [6.45, 7) is 0.0768. The number of benzene rings is 2. The van der Waals surface area contributed by atoms with Gasteiger partial charge in [0.05, 0.1) is 22.1 Å². The molecule has 2 amide bonds. The largest absolute Gasteiger partial charge is 0.416 e. The van der Waals surface area contributed by atoms with Crippen molar-refractivity contribution in [1.29, 1.82) is 0 Å². The molecule has 0 aromatic heterocycles. The molecule has 31 heavy (non-hydrogen) atoms. The average Bonchev–Trinajstić information content (AvgIpc) is 3.13. The third-order valence-electron chi connectivity index (χ3n) is 4.97. The predicted octanol–water partition coefficient (Wildman–Crippen LogP) is 3.04. The van der Waals surface area contributed by atoms with Gasteiger partial charge in [0.1, 0.15) is 0 Å². The maximum Gasteiger partial charge on any atom is 0.416 e. The fourth-order valence-electron chi connectivity index (χ4n) is 3.35. The molecule has 166 valence electrons. The molecule has 0 saturated carbocycles. The highest BCUT2D eigenvalue weighted by Gasteiger charge is 2.36. The van der Waals surface area contributed by atoms with Crippen LogP contribution in [0.1, 0.15) is 18.4 Å². The van der Waals surface area contributed by atoms with Gasteiger partial charge in [0.2, 0.25) is 11.8 Å². The number of carbonyl (C=O) groups excluding carboxylic acids is 2. The summed E-state index contributed by atoms with van der Waals surface area (Å²) in [4.78, 5) is 26.0. The second kappa shape index (κ2) is 9.09. The molecule has 3 rings (SSSR count). The van der Waals surface area contributed by atoms with Crippen molar-refractivity contribution in [3.63, 3.8) is 0 Å². The molecule has 2 aromatic rings. The van der Waals surface area contributed by atoms with E-state index in [-0.39, 0.29) is 42.3 Å². The van der Waals surface area contributed by atoms with Crippen LogP contribution < -0.4 is 10.2 Å². The molecule has 1 N–H and O–H groups in total. The van der Waals surface area contributed by atoms with E-state index in [0.29, 0.717) is 0 Å². The highest BCUT2D eigenvalue weighted by Crippen LogP contribution is 2.33. The lowest BCUT2D eigenvalue weighted by molar-refractivity contribution is -0.137. The van der Waals surface area contributed by atoms with Gasteiger partial charge in [-0.3, -0.25) is 9.59 Å². The molecule has 1 fully saturated rings. The Morgan fingerprint density at radius 1 is 1.10 bits per heavy atom. The number of rotatable bonds is 7. The molecular formula is C21H21F3N2O4S. The van der Waals surface area contributed by atoms with Crippen molar-refractivity contribution in [2.24, 2.45) is 5.92 Å². The van der Waals surface area contributed by atoms with E-state index in [1.165, 1.54) is 29.2 Å². The molecule has 1 aliphatic rings. The maximum absolute atomic E-state index is 12.9. The average molecular weight is 454 g/mol. The fourth-order valence-corrected chi connectivity index (χ4v) is 4.68. The number of anilines is 1. The normalized spacial score (nSPS) is 17.1. The van der Waals surface area contributed by atoms with Crippen LogP contribution in [0.15, 0.2) is 59.5 Å². The maximum atomic E-state index is 12.9. The fraction of sp³-hybridized carbons (Fsp3) is 0.333. The van der Waals surface area contributed by atoms with E-state index in [9.17, 15) is 31.2 Å². The Morgan fingerprint density at radius 2 is 1.81 bits per heavy atom. The minimum Gasteiger partial charge on any atom is -0.356 e. The number of halogens is 3. The molecule has 1 heterocycles. The molecule has 1 aliphatic heterocycles. The summed E-state index contributed by atoms with van der Waals surface area (Å²) < 4.78 is 63.2. The van der Waals surface area contributed by atoms with Crippen molar-refractivity contribution >= 4 is 27.3 Å². The Morgan fingerprint density at radius 3 is 2.48 bits per heavy atom. The highest BCUT2D eigenvalue weighted by molar-refractivity contribution is 7.91. The van der Waals surface area contributed by atoms with Crippen LogP contribution in [0.4, 0.5) is 18.9 Å². The van der Waals surface area contributed by atoms with Crippen molar-refractivity contribution < 1.29 is 31.2 Å². The summed E-state index contributed by atoms with van der Waals surface area (Å²) in [5.74, 6) is -1.73. The van der Waals surface area contributed by atoms with E-state index in [1.807, 2.05) is 0 Å². The van der Waals surface area contributed by atoms with Crippen molar-refractivity contribution in [3.05, 3.63) is 60.2 Å². The Labute approximate surface area is 178 Å². The Kier molecular flexibility index (Phi) is 6.68.